The third-order valence-corrected chi connectivity index (χ3v) is 2.54. The quantitative estimate of drug-likeness (QED) is 0.751. The lowest BCUT2D eigenvalue weighted by Gasteiger charge is -2.12. The van der Waals surface area contributed by atoms with Crippen molar-refractivity contribution in [2.75, 3.05) is 0 Å². The molecule has 1 aromatic rings. The van der Waals surface area contributed by atoms with Crippen LogP contribution in [0.5, 0.6) is 0 Å². The summed E-state index contributed by atoms with van der Waals surface area (Å²) < 4.78 is 1.95. The maximum Gasteiger partial charge on any atom is 0.138 e. The van der Waals surface area contributed by atoms with Crippen molar-refractivity contribution in [3.05, 3.63) is 12.2 Å². The van der Waals surface area contributed by atoms with Crippen LogP contribution in [0.15, 0.2) is 6.33 Å². The van der Waals surface area contributed by atoms with E-state index < -0.39 is 0 Å². The fraction of sp³-hybridized carbons (Fsp3) is 0.778. The first-order chi connectivity index (χ1) is 6.11. The Hall–Kier alpha value is -0.900. The Labute approximate surface area is 78.1 Å². The van der Waals surface area contributed by atoms with Gasteiger partial charge in [0.15, 0.2) is 0 Å². The first kappa shape index (κ1) is 8.69. The number of rotatable bonds is 3. The molecule has 0 saturated heterocycles. The summed E-state index contributed by atoms with van der Waals surface area (Å²) in [5.74, 6) is 1.02. The van der Waals surface area contributed by atoms with Crippen LogP contribution >= 0.6 is 0 Å². The third-order valence-electron chi connectivity index (χ3n) is 2.54. The summed E-state index contributed by atoms with van der Waals surface area (Å²) in [6, 6.07) is 0.375. The summed E-state index contributed by atoms with van der Waals surface area (Å²) in [4.78, 5) is 4.23. The number of nitrogens with zero attached hydrogens (tertiary/aromatic N) is 3. The van der Waals surface area contributed by atoms with Gasteiger partial charge >= 0.3 is 0 Å². The van der Waals surface area contributed by atoms with E-state index in [0.717, 1.165) is 25.1 Å². The summed E-state index contributed by atoms with van der Waals surface area (Å²) in [6.07, 6.45) is 4.72. The zero-order valence-electron chi connectivity index (χ0n) is 8.20. The molecular formula is C9H16N4. The molecule has 13 heavy (non-hydrogen) atoms. The fourth-order valence-electron chi connectivity index (χ4n) is 1.48. The molecule has 0 radical (unpaired) electrons. The lowest BCUT2D eigenvalue weighted by atomic mass is 10.2. The predicted molar refractivity (Wildman–Crippen MR) is 50.3 cm³/mol. The summed E-state index contributed by atoms with van der Waals surface area (Å²) >= 11 is 0. The Balaban J connectivity index is 2.15. The minimum Gasteiger partial charge on any atom is -0.325 e. The predicted octanol–water partition coefficient (Wildman–Crippen LogP) is 0.893. The summed E-state index contributed by atoms with van der Waals surface area (Å²) in [7, 11) is 0. The van der Waals surface area contributed by atoms with E-state index in [1.54, 1.807) is 6.33 Å². The Bertz CT molecular complexity index is 298. The van der Waals surface area contributed by atoms with Gasteiger partial charge in [0.05, 0.1) is 0 Å². The van der Waals surface area contributed by atoms with Gasteiger partial charge in [-0.15, -0.1) is 0 Å². The molecule has 1 saturated carbocycles. The van der Waals surface area contributed by atoms with E-state index in [1.165, 1.54) is 0 Å². The van der Waals surface area contributed by atoms with Crippen LogP contribution in [0.25, 0.3) is 0 Å². The lowest BCUT2D eigenvalue weighted by molar-refractivity contribution is 0.487. The second-order valence-electron chi connectivity index (χ2n) is 4.25. The first-order valence-electron chi connectivity index (χ1n) is 4.78. The molecule has 0 unspecified atom stereocenters. The molecule has 72 valence electrons. The Kier molecular flexibility index (Phi) is 1.87. The van der Waals surface area contributed by atoms with Crippen LogP contribution in [0.2, 0.25) is 0 Å². The third kappa shape index (κ3) is 1.72. The molecule has 0 spiro atoms. The molecule has 1 aromatic heterocycles. The van der Waals surface area contributed by atoms with Crippen LogP contribution in [0, 0.1) is 0 Å². The fourth-order valence-corrected chi connectivity index (χ4v) is 1.48. The molecule has 2 rings (SSSR count). The summed E-state index contributed by atoms with van der Waals surface area (Å²) in [5.41, 5.74) is 6.05. The smallest absolute Gasteiger partial charge is 0.138 e. The van der Waals surface area contributed by atoms with Crippen LogP contribution < -0.4 is 5.73 Å². The van der Waals surface area contributed by atoms with E-state index in [1.807, 2.05) is 4.68 Å². The molecule has 4 heteroatoms. The highest BCUT2D eigenvalue weighted by molar-refractivity contribution is 5.06. The van der Waals surface area contributed by atoms with Crippen LogP contribution in [0.4, 0.5) is 0 Å². The van der Waals surface area contributed by atoms with Crippen molar-refractivity contribution in [3.8, 4) is 0 Å². The highest BCUT2D eigenvalue weighted by atomic mass is 15.3. The van der Waals surface area contributed by atoms with Gasteiger partial charge < -0.3 is 5.73 Å². The van der Waals surface area contributed by atoms with Crippen molar-refractivity contribution in [1.82, 2.24) is 14.8 Å². The van der Waals surface area contributed by atoms with Gasteiger partial charge in [0, 0.05) is 18.0 Å². The molecule has 1 fully saturated rings. The highest BCUT2D eigenvalue weighted by Crippen LogP contribution is 2.35. The molecule has 1 aliphatic carbocycles. The van der Waals surface area contributed by atoms with Crippen molar-refractivity contribution < 1.29 is 0 Å². The van der Waals surface area contributed by atoms with E-state index in [0.29, 0.717) is 6.04 Å². The highest BCUT2D eigenvalue weighted by Gasteiger charge is 2.39. The number of aromatic nitrogens is 3. The molecule has 4 nitrogen and oxygen atoms in total. The average Bonchev–Trinajstić information content (AvgIpc) is 2.63. The first-order valence-corrected chi connectivity index (χ1v) is 4.78. The number of hydrogen-bond acceptors (Lipinski definition) is 3. The molecule has 1 heterocycles. The van der Waals surface area contributed by atoms with Gasteiger partial charge in [-0.2, -0.15) is 5.10 Å². The van der Waals surface area contributed by atoms with E-state index in [4.69, 9.17) is 5.73 Å². The molecule has 0 atom stereocenters. The average molecular weight is 180 g/mol. The SMILES string of the molecule is CC(C)n1ncnc1CC1(N)CC1. The van der Waals surface area contributed by atoms with Gasteiger partial charge in [0.2, 0.25) is 0 Å². The van der Waals surface area contributed by atoms with E-state index >= 15 is 0 Å². The van der Waals surface area contributed by atoms with Gasteiger partial charge in [-0.05, 0) is 26.7 Å². The molecule has 0 amide bonds. The molecule has 0 aliphatic heterocycles. The minimum absolute atomic E-state index is 0.0275. The Morgan fingerprint density at radius 1 is 1.62 bits per heavy atom. The van der Waals surface area contributed by atoms with Gasteiger partial charge in [-0.3, -0.25) is 0 Å². The molecule has 0 bridgehead atoms. The zero-order valence-corrected chi connectivity index (χ0v) is 8.20. The molecular weight excluding hydrogens is 164 g/mol. The van der Waals surface area contributed by atoms with Gasteiger partial charge in [0.25, 0.3) is 0 Å². The molecule has 0 aromatic carbocycles. The van der Waals surface area contributed by atoms with Crippen molar-refractivity contribution >= 4 is 0 Å². The zero-order chi connectivity index (χ0) is 9.47. The van der Waals surface area contributed by atoms with Crippen LogP contribution in [-0.2, 0) is 6.42 Å². The van der Waals surface area contributed by atoms with Gasteiger partial charge in [-0.25, -0.2) is 9.67 Å². The standard InChI is InChI=1S/C9H16N4/c1-7(2)13-8(11-6-12-13)5-9(10)3-4-9/h6-7H,3-5,10H2,1-2H3. The van der Waals surface area contributed by atoms with Crippen molar-refractivity contribution in [2.45, 2.75) is 44.7 Å². The van der Waals surface area contributed by atoms with Crippen molar-refractivity contribution in [1.29, 1.82) is 0 Å². The van der Waals surface area contributed by atoms with Crippen LogP contribution in [-0.4, -0.2) is 20.3 Å². The van der Waals surface area contributed by atoms with Crippen molar-refractivity contribution in [3.63, 3.8) is 0 Å². The Morgan fingerprint density at radius 2 is 2.31 bits per heavy atom. The van der Waals surface area contributed by atoms with Crippen molar-refractivity contribution in [2.24, 2.45) is 5.73 Å². The Morgan fingerprint density at radius 3 is 2.85 bits per heavy atom. The van der Waals surface area contributed by atoms with E-state index in [-0.39, 0.29) is 5.54 Å². The summed E-state index contributed by atoms with van der Waals surface area (Å²) in [6.45, 7) is 4.21. The topological polar surface area (TPSA) is 56.7 Å². The number of nitrogens with two attached hydrogens (primary N) is 1. The summed E-state index contributed by atoms with van der Waals surface area (Å²) in [5, 5.41) is 4.18. The van der Waals surface area contributed by atoms with Gasteiger partial charge in [-0.1, -0.05) is 0 Å². The normalized spacial score (nSPS) is 19.4. The van der Waals surface area contributed by atoms with E-state index in [9.17, 15) is 0 Å². The largest absolute Gasteiger partial charge is 0.325 e. The maximum atomic E-state index is 6.03. The minimum atomic E-state index is 0.0275. The molecule has 2 N–H and O–H groups in total. The van der Waals surface area contributed by atoms with Crippen LogP contribution in [0.3, 0.4) is 0 Å². The second kappa shape index (κ2) is 2.80. The van der Waals surface area contributed by atoms with Crippen LogP contribution in [0.1, 0.15) is 38.6 Å². The monoisotopic (exact) mass is 180 g/mol. The molecule has 1 aliphatic rings. The second-order valence-corrected chi connectivity index (χ2v) is 4.25. The maximum absolute atomic E-state index is 6.03. The number of hydrogen-bond donors (Lipinski definition) is 1. The van der Waals surface area contributed by atoms with E-state index in [2.05, 4.69) is 23.9 Å². The lowest BCUT2D eigenvalue weighted by Crippen LogP contribution is -2.27. The van der Waals surface area contributed by atoms with Gasteiger partial charge in [0.1, 0.15) is 12.2 Å².